The monoisotopic (exact) mass is 313 g/mol. The first-order valence-electron chi connectivity index (χ1n) is 6.70. The molecule has 3 aromatic rings. The Morgan fingerprint density at radius 1 is 1.22 bits per heavy atom. The molecule has 2 aromatic heterocycles. The van der Waals surface area contributed by atoms with Crippen LogP contribution in [0.15, 0.2) is 47.2 Å². The molecule has 2 heterocycles. The topological polar surface area (TPSA) is 92.9 Å². The van der Waals surface area contributed by atoms with Gasteiger partial charge in [-0.3, -0.25) is 4.79 Å². The minimum Gasteiger partial charge on any atom is -0.360 e. The molecular formula is C15H12FN5O2. The van der Waals surface area contributed by atoms with E-state index in [0.29, 0.717) is 11.6 Å². The molecule has 23 heavy (non-hydrogen) atoms. The number of hydrogen-bond donors (Lipinski definition) is 2. The van der Waals surface area contributed by atoms with Crippen molar-refractivity contribution in [2.24, 2.45) is 0 Å². The summed E-state index contributed by atoms with van der Waals surface area (Å²) in [6.07, 6.45) is 2.66. The first-order chi connectivity index (χ1) is 11.1. The molecule has 0 aliphatic heterocycles. The first-order valence-corrected chi connectivity index (χ1v) is 6.70. The van der Waals surface area contributed by atoms with Crippen LogP contribution in [0.25, 0.3) is 0 Å². The second-order valence-corrected chi connectivity index (χ2v) is 4.68. The highest BCUT2D eigenvalue weighted by atomic mass is 19.1. The lowest BCUT2D eigenvalue weighted by Gasteiger charge is -2.06. The van der Waals surface area contributed by atoms with Crippen molar-refractivity contribution in [2.75, 3.05) is 10.6 Å². The number of aryl methyl sites for hydroxylation is 1. The van der Waals surface area contributed by atoms with Crippen molar-refractivity contribution in [3.05, 3.63) is 59.9 Å². The summed E-state index contributed by atoms with van der Waals surface area (Å²) in [6, 6.07) is 7.58. The van der Waals surface area contributed by atoms with Crippen molar-refractivity contribution < 1.29 is 13.7 Å². The van der Waals surface area contributed by atoms with E-state index in [0.717, 1.165) is 0 Å². The largest absolute Gasteiger partial charge is 0.360 e. The van der Waals surface area contributed by atoms with Crippen molar-refractivity contribution in [2.45, 2.75) is 6.92 Å². The average molecular weight is 313 g/mol. The zero-order chi connectivity index (χ0) is 16.2. The highest BCUT2D eigenvalue weighted by molar-refractivity contribution is 6.03. The normalized spacial score (nSPS) is 10.3. The number of carbonyl (C=O) groups excluding carboxylic acids is 1. The van der Waals surface area contributed by atoms with Gasteiger partial charge < -0.3 is 15.2 Å². The van der Waals surface area contributed by atoms with Gasteiger partial charge in [-0.1, -0.05) is 17.3 Å². The third-order valence-electron chi connectivity index (χ3n) is 2.90. The molecule has 0 aliphatic carbocycles. The number of nitrogens with zero attached hydrogens (tertiary/aromatic N) is 3. The van der Waals surface area contributed by atoms with Crippen molar-refractivity contribution >= 4 is 23.4 Å². The van der Waals surface area contributed by atoms with Crippen molar-refractivity contribution in [3.8, 4) is 0 Å². The molecule has 0 atom stereocenters. The molecule has 0 fully saturated rings. The van der Waals surface area contributed by atoms with Gasteiger partial charge in [-0.25, -0.2) is 14.4 Å². The number of hydrogen-bond acceptors (Lipinski definition) is 6. The lowest BCUT2D eigenvalue weighted by atomic mass is 10.2. The van der Waals surface area contributed by atoms with E-state index in [-0.39, 0.29) is 17.2 Å². The van der Waals surface area contributed by atoms with Gasteiger partial charge in [0.05, 0.1) is 11.3 Å². The summed E-state index contributed by atoms with van der Waals surface area (Å²) in [4.78, 5) is 20.1. The maximum atomic E-state index is 13.5. The Morgan fingerprint density at radius 3 is 2.61 bits per heavy atom. The SMILES string of the molecule is Cc1cc(Nc2ncc(C(=O)Nc3ccccc3F)cn2)no1. The molecule has 0 saturated heterocycles. The number of rotatable bonds is 4. The number of anilines is 3. The van der Waals surface area contributed by atoms with Crippen LogP contribution in [0.2, 0.25) is 0 Å². The quantitative estimate of drug-likeness (QED) is 0.769. The predicted octanol–water partition coefficient (Wildman–Crippen LogP) is 2.91. The number of carbonyl (C=O) groups is 1. The number of para-hydroxylation sites is 1. The molecule has 0 aliphatic rings. The van der Waals surface area contributed by atoms with E-state index in [2.05, 4.69) is 25.8 Å². The van der Waals surface area contributed by atoms with E-state index in [1.165, 1.54) is 24.5 Å². The van der Waals surface area contributed by atoms with Crippen LogP contribution >= 0.6 is 0 Å². The third-order valence-corrected chi connectivity index (χ3v) is 2.90. The maximum absolute atomic E-state index is 13.5. The Bertz CT molecular complexity index is 832. The van der Waals surface area contributed by atoms with Gasteiger partial charge in [-0.2, -0.15) is 0 Å². The molecule has 116 valence electrons. The minimum atomic E-state index is -0.513. The molecule has 1 aromatic carbocycles. The van der Waals surface area contributed by atoms with E-state index >= 15 is 0 Å². The summed E-state index contributed by atoms with van der Waals surface area (Å²) in [6.45, 7) is 1.76. The lowest BCUT2D eigenvalue weighted by Crippen LogP contribution is -2.14. The molecule has 0 bridgehead atoms. The predicted molar refractivity (Wildman–Crippen MR) is 80.9 cm³/mol. The van der Waals surface area contributed by atoms with E-state index in [1.54, 1.807) is 25.1 Å². The number of benzene rings is 1. The van der Waals surface area contributed by atoms with E-state index in [4.69, 9.17) is 4.52 Å². The molecular weight excluding hydrogens is 301 g/mol. The number of halogens is 1. The van der Waals surface area contributed by atoms with Crippen LogP contribution in [0.5, 0.6) is 0 Å². The second kappa shape index (κ2) is 6.22. The molecule has 0 unspecified atom stereocenters. The second-order valence-electron chi connectivity index (χ2n) is 4.68. The summed E-state index contributed by atoms with van der Waals surface area (Å²) < 4.78 is 18.4. The fourth-order valence-electron chi connectivity index (χ4n) is 1.81. The van der Waals surface area contributed by atoms with Crippen molar-refractivity contribution in [1.29, 1.82) is 0 Å². The first kappa shape index (κ1) is 14.6. The van der Waals surface area contributed by atoms with Gasteiger partial charge in [0, 0.05) is 18.5 Å². The maximum Gasteiger partial charge on any atom is 0.258 e. The Morgan fingerprint density at radius 2 is 1.96 bits per heavy atom. The molecule has 0 spiro atoms. The Balaban J connectivity index is 1.69. The van der Waals surface area contributed by atoms with Crippen LogP contribution in [0.4, 0.5) is 21.8 Å². The van der Waals surface area contributed by atoms with E-state index < -0.39 is 11.7 Å². The highest BCUT2D eigenvalue weighted by Gasteiger charge is 2.10. The summed E-state index contributed by atoms with van der Waals surface area (Å²) in [7, 11) is 0. The van der Waals surface area contributed by atoms with Crippen LogP contribution < -0.4 is 10.6 Å². The van der Waals surface area contributed by atoms with Gasteiger partial charge >= 0.3 is 0 Å². The molecule has 0 radical (unpaired) electrons. The molecule has 3 rings (SSSR count). The summed E-state index contributed by atoms with van der Waals surface area (Å²) in [5, 5.41) is 9.04. The summed E-state index contributed by atoms with van der Waals surface area (Å²) >= 11 is 0. The number of nitrogens with one attached hydrogen (secondary N) is 2. The van der Waals surface area contributed by atoms with E-state index in [1.807, 2.05) is 0 Å². The fourth-order valence-corrected chi connectivity index (χ4v) is 1.81. The van der Waals surface area contributed by atoms with Crippen LogP contribution in [-0.2, 0) is 0 Å². The van der Waals surface area contributed by atoms with Gasteiger partial charge in [-0.15, -0.1) is 0 Å². The summed E-state index contributed by atoms with van der Waals surface area (Å²) in [5.41, 5.74) is 0.299. The lowest BCUT2D eigenvalue weighted by molar-refractivity contribution is 0.102. The van der Waals surface area contributed by atoms with Gasteiger partial charge in [0.1, 0.15) is 11.6 Å². The minimum absolute atomic E-state index is 0.0952. The van der Waals surface area contributed by atoms with Gasteiger partial charge in [0.25, 0.3) is 5.91 Å². The van der Waals surface area contributed by atoms with Crippen LogP contribution in [-0.4, -0.2) is 21.0 Å². The van der Waals surface area contributed by atoms with Gasteiger partial charge in [-0.05, 0) is 19.1 Å². The third kappa shape index (κ3) is 3.49. The van der Waals surface area contributed by atoms with Crippen LogP contribution in [0.3, 0.4) is 0 Å². The van der Waals surface area contributed by atoms with Crippen molar-refractivity contribution in [3.63, 3.8) is 0 Å². The van der Waals surface area contributed by atoms with Gasteiger partial charge in [0.2, 0.25) is 5.95 Å². The molecule has 7 nitrogen and oxygen atoms in total. The highest BCUT2D eigenvalue weighted by Crippen LogP contribution is 2.15. The standard InChI is InChI=1S/C15H12FN5O2/c1-9-6-13(21-23-9)20-15-17-7-10(8-18-15)14(22)19-12-5-3-2-4-11(12)16/h2-8H,1H3,(H,19,22)(H,17,18,20,21). The molecule has 8 heteroatoms. The average Bonchev–Trinajstić information content (AvgIpc) is 2.95. The molecule has 2 N–H and O–H groups in total. The smallest absolute Gasteiger partial charge is 0.258 e. The molecule has 0 saturated carbocycles. The van der Waals surface area contributed by atoms with Crippen LogP contribution in [0.1, 0.15) is 16.1 Å². The Hall–Kier alpha value is -3.29. The van der Waals surface area contributed by atoms with Crippen LogP contribution in [0, 0.1) is 12.7 Å². The zero-order valence-corrected chi connectivity index (χ0v) is 12.1. The Labute approximate surface area is 130 Å². The van der Waals surface area contributed by atoms with Gasteiger partial charge in [0.15, 0.2) is 5.82 Å². The number of aromatic nitrogens is 3. The fraction of sp³-hybridized carbons (Fsp3) is 0.0667. The van der Waals surface area contributed by atoms with E-state index in [9.17, 15) is 9.18 Å². The Kier molecular flexibility index (Phi) is 3.96. The molecule has 1 amide bonds. The summed E-state index contributed by atoms with van der Waals surface area (Å²) in [5.74, 6) is 0.362. The van der Waals surface area contributed by atoms with Crippen molar-refractivity contribution in [1.82, 2.24) is 15.1 Å². The number of amides is 1. The zero-order valence-electron chi connectivity index (χ0n) is 12.1.